The predicted octanol–water partition coefficient (Wildman–Crippen LogP) is 7.70. The summed E-state index contributed by atoms with van der Waals surface area (Å²) >= 11 is 0. The maximum Gasteiger partial charge on any atom is 0.167 e. The van der Waals surface area contributed by atoms with Crippen LogP contribution in [0.5, 0.6) is 11.5 Å². The Hall–Kier alpha value is -3.01. The van der Waals surface area contributed by atoms with Crippen molar-refractivity contribution in [3.8, 4) is 34.1 Å². The SMILES string of the molecule is C=CCCCCOc1ccc(-c2cc(-c3ccc(OCCCCCC)cc3)on2)cc1. The number of unbranched alkanes of at least 4 members (excludes halogenated alkanes) is 5. The standard InChI is InChI=1S/C27H33NO3/c1-3-5-7-9-19-29-24-15-11-22(12-16-24)26-21-27(31-28-26)23-13-17-25(18-14-23)30-20-10-8-6-4-2/h3,11-18,21H,1,4-10,19-20H2,2H3. The van der Waals surface area contributed by atoms with Crippen LogP contribution in [0, 0.1) is 0 Å². The van der Waals surface area contributed by atoms with Crippen LogP contribution in [0.25, 0.3) is 22.6 Å². The maximum atomic E-state index is 5.81. The largest absolute Gasteiger partial charge is 0.494 e. The molecule has 3 rings (SSSR count). The highest BCUT2D eigenvalue weighted by molar-refractivity contribution is 5.67. The Labute approximate surface area is 185 Å². The van der Waals surface area contributed by atoms with E-state index < -0.39 is 0 Å². The van der Waals surface area contributed by atoms with Gasteiger partial charge in [-0.1, -0.05) is 37.4 Å². The fourth-order valence-corrected chi connectivity index (χ4v) is 3.28. The molecule has 0 unspecified atom stereocenters. The molecule has 4 nitrogen and oxygen atoms in total. The van der Waals surface area contributed by atoms with E-state index in [-0.39, 0.29) is 0 Å². The average molecular weight is 420 g/mol. The van der Waals surface area contributed by atoms with Gasteiger partial charge in [-0.25, -0.2) is 0 Å². The van der Waals surface area contributed by atoms with Crippen molar-refractivity contribution in [2.75, 3.05) is 13.2 Å². The highest BCUT2D eigenvalue weighted by Crippen LogP contribution is 2.28. The van der Waals surface area contributed by atoms with E-state index in [2.05, 4.69) is 18.7 Å². The van der Waals surface area contributed by atoms with Gasteiger partial charge in [-0.15, -0.1) is 6.58 Å². The number of benzene rings is 2. The number of ether oxygens (including phenoxy) is 2. The lowest BCUT2D eigenvalue weighted by Crippen LogP contribution is -1.96. The minimum absolute atomic E-state index is 0.722. The zero-order valence-corrected chi connectivity index (χ0v) is 18.5. The summed E-state index contributed by atoms with van der Waals surface area (Å²) in [5.74, 6) is 2.50. The average Bonchev–Trinajstić information content (AvgIpc) is 3.30. The maximum absolute atomic E-state index is 5.81. The van der Waals surface area contributed by atoms with Crippen molar-refractivity contribution >= 4 is 0 Å². The van der Waals surface area contributed by atoms with Crippen molar-refractivity contribution in [1.29, 1.82) is 0 Å². The van der Waals surface area contributed by atoms with Gasteiger partial charge in [0.25, 0.3) is 0 Å². The first-order valence-electron chi connectivity index (χ1n) is 11.3. The van der Waals surface area contributed by atoms with Crippen molar-refractivity contribution in [3.63, 3.8) is 0 Å². The minimum Gasteiger partial charge on any atom is -0.494 e. The van der Waals surface area contributed by atoms with Crippen LogP contribution in [0.3, 0.4) is 0 Å². The van der Waals surface area contributed by atoms with Gasteiger partial charge in [-0.2, -0.15) is 0 Å². The molecule has 0 fully saturated rings. The summed E-state index contributed by atoms with van der Waals surface area (Å²) in [6.45, 7) is 7.44. The zero-order valence-electron chi connectivity index (χ0n) is 18.5. The molecule has 31 heavy (non-hydrogen) atoms. The molecule has 0 spiro atoms. The van der Waals surface area contributed by atoms with Gasteiger partial charge in [0, 0.05) is 17.2 Å². The molecule has 0 bridgehead atoms. The topological polar surface area (TPSA) is 44.5 Å². The summed E-state index contributed by atoms with van der Waals surface area (Å²) in [7, 11) is 0. The third kappa shape index (κ3) is 7.32. The van der Waals surface area contributed by atoms with Crippen molar-refractivity contribution in [3.05, 3.63) is 67.3 Å². The van der Waals surface area contributed by atoms with Crippen LogP contribution in [0.4, 0.5) is 0 Å². The number of hydrogen-bond acceptors (Lipinski definition) is 4. The number of rotatable bonds is 14. The van der Waals surface area contributed by atoms with Crippen molar-refractivity contribution in [2.45, 2.75) is 51.9 Å². The highest BCUT2D eigenvalue weighted by atomic mass is 16.5. The van der Waals surface area contributed by atoms with Gasteiger partial charge in [-0.3, -0.25) is 0 Å². The quantitative estimate of drug-likeness (QED) is 0.198. The number of hydrogen-bond donors (Lipinski definition) is 0. The lowest BCUT2D eigenvalue weighted by Gasteiger charge is -2.06. The van der Waals surface area contributed by atoms with Crippen LogP contribution in [0.2, 0.25) is 0 Å². The number of allylic oxidation sites excluding steroid dienone is 1. The van der Waals surface area contributed by atoms with Crippen LogP contribution in [-0.4, -0.2) is 18.4 Å². The highest BCUT2D eigenvalue weighted by Gasteiger charge is 2.09. The van der Waals surface area contributed by atoms with E-state index in [4.69, 9.17) is 14.0 Å². The Bertz CT molecular complexity index is 897. The molecule has 2 aromatic carbocycles. The molecule has 0 aliphatic carbocycles. The van der Waals surface area contributed by atoms with Gasteiger partial charge in [-0.05, 0) is 74.2 Å². The molecular weight excluding hydrogens is 386 g/mol. The number of aromatic nitrogens is 1. The van der Waals surface area contributed by atoms with Crippen molar-refractivity contribution < 1.29 is 14.0 Å². The Morgan fingerprint density at radius 1 is 0.806 bits per heavy atom. The molecule has 3 aromatic rings. The summed E-state index contributed by atoms with van der Waals surface area (Å²) in [5, 5.41) is 4.23. The molecule has 0 saturated carbocycles. The Morgan fingerprint density at radius 3 is 2.03 bits per heavy atom. The van der Waals surface area contributed by atoms with E-state index in [1.54, 1.807) is 0 Å². The van der Waals surface area contributed by atoms with Crippen LogP contribution in [-0.2, 0) is 0 Å². The zero-order chi connectivity index (χ0) is 21.7. The fourth-order valence-electron chi connectivity index (χ4n) is 3.28. The van der Waals surface area contributed by atoms with E-state index in [1.807, 2.05) is 60.7 Å². The van der Waals surface area contributed by atoms with Gasteiger partial charge in [0.15, 0.2) is 5.76 Å². The second-order valence-corrected chi connectivity index (χ2v) is 7.67. The fraction of sp³-hybridized carbons (Fsp3) is 0.370. The summed E-state index contributed by atoms with van der Waals surface area (Å²) in [6.07, 6.45) is 9.94. The first-order chi connectivity index (χ1) is 15.3. The van der Waals surface area contributed by atoms with E-state index in [9.17, 15) is 0 Å². The Kier molecular flexibility index (Phi) is 9.24. The second kappa shape index (κ2) is 12.6. The lowest BCUT2D eigenvalue weighted by molar-refractivity contribution is 0.305. The lowest BCUT2D eigenvalue weighted by atomic mass is 10.1. The van der Waals surface area contributed by atoms with E-state index in [0.717, 1.165) is 73.0 Å². The summed E-state index contributed by atoms with van der Waals surface area (Å²) in [6, 6.07) is 17.9. The Balaban J connectivity index is 1.52. The van der Waals surface area contributed by atoms with Crippen molar-refractivity contribution in [2.24, 2.45) is 0 Å². The normalized spacial score (nSPS) is 10.7. The first-order valence-corrected chi connectivity index (χ1v) is 11.3. The molecule has 0 radical (unpaired) electrons. The van der Waals surface area contributed by atoms with E-state index in [1.165, 1.54) is 19.3 Å². The van der Waals surface area contributed by atoms with Gasteiger partial charge >= 0.3 is 0 Å². The van der Waals surface area contributed by atoms with E-state index in [0.29, 0.717) is 0 Å². The molecule has 0 aliphatic rings. The van der Waals surface area contributed by atoms with E-state index >= 15 is 0 Å². The molecule has 4 heteroatoms. The third-order valence-electron chi connectivity index (χ3n) is 5.14. The summed E-state index contributed by atoms with van der Waals surface area (Å²) in [5.41, 5.74) is 2.79. The van der Waals surface area contributed by atoms with Crippen LogP contribution < -0.4 is 9.47 Å². The molecule has 1 heterocycles. The van der Waals surface area contributed by atoms with Crippen molar-refractivity contribution in [1.82, 2.24) is 5.16 Å². The van der Waals surface area contributed by atoms with Crippen LogP contribution in [0.15, 0.2) is 71.8 Å². The van der Waals surface area contributed by atoms with Gasteiger partial charge in [0.05, 0.1) is 13.2 Å². The second-order valence-electron chi connectivity index (χ2n) is 7.67. The molecule has 0 atom stereocenters. The number of nitrogens with zero attached hydrogens (tertiary/aromatic N) is 1. The molecular formula is C27H33NO3. The minimum atomic E-state index is 0.722. The van der Waals surface area contributed by atoms with Gasteiger partial charge in [0.2, 0.25) is 0 Å². The molecule has 0 amide bonds. The molecule has 0 N–H and O–H groups in total. The molecule has 164 valence electrons. The van der Waals surface area contributed by atoms with Gasteiger partial charge in [0.1, 0.15) is 17.2 Å². The molecule has 0 aliphatic heterocycles. The summed E-state index contributed by atoms with van der Waals surface area (Å²) < 4.78 is 17.2. The summed E-state index contributed by atoms with van der Waals surface area (Å²) in [4.78, 5) is 0. The van der Waals surface area contributed by atoms with Crippen LogP contribution >= 0.6 is 0 Å². The Morgan fingerprint density at radius 2 is 1.42 bits per heavy atom. The smallest absolute Gasteiger partial charge is 0.167 e. The predicted molar refractivity (Wildman–Crippen MR) is 127 cm³/mol. The third-order valence-corrected chi connectivity index (χ3v) is 5.14. The molecule has 1 aromatic heterocycles. The first kappa shape index (κ1) is 22.7. The van der Waals surface area contributed by atoms with Gasteiger partial charge < -0.3 is 14.0 Å². The van der Waals surface area contributed by atoms with Crippen LogP contribution in [0.1, 0.15) is 51.9 Å². The molecule has 0 saturated heterocycles. The monoisotopic (exact) mass is 419 g/mol.